The first kappa shape index (κ1) is 22.2. The van der Waals surface area contributed by atoms with Gasteiger partial charge in [-0.05, 0) is 67.5 Å². The summed E-state index contributed by atoms with van der Waals surface area (Å²) in [6, 6.07) is 15.2. The summed E-state index contributed by atoms with van der Waals surface area (Å²) in [7, 11) is 1.65. The Labute approximate surface area is 208 Å². The van der Waals surface area contributed by atoms with Crippen molar-refractivity contribution >= 4 is 22.8 Å². The predicted octanol–water partition coefficient (Wildman–Crippen LogP) is 4.27. The summed E-state index contributed by atoms with van der Waals surface area (Å²) in [6.07, 6.45) is 3.38. The number of hydrogen-bond acceptors (Lipinski definition) is 5. The lowest BCUT2D eigenvalue weighted by Crippen LogP contribution is -2.32. The number of ether oxygens (including phenoxy) is 1. The Hall–Kier alpha value is -3.29. The molecule has 7 nitrogen and oxygen atoms in total. The maximum atomic E-state index is 13.4. The number of hydrogen-bond donors (Lipinski definition) is 1. The van der Waals surface area contributed by atoms with E-state index in [0.29, 0.717) is 39.7 Å². The summed E-state index contributed by atoms with van der Waals surface area (Å²) in [5.41, 5.74) is 3.25. The first-order valence-corrected chi connectivity index (χ1v) is 12.1. The van der Waals surface area contributed by atoms with Gasteiger partial charge < -0.3 is 14.7 Å². The first-order valence-electron chi connectivity index (χ1n) is 11.8. The summed E-state index contributed by atoms with van der Waals surface area (Å²) in [4.78, 5) is 15.7. The number of anilines is 1. The van der Waals surface area contributed by atoms with Gasteiger partial charge in [-0.1, -0.05) is 23.7 Å². The number of methoxy groups -OCH3 is 1. The predicted molar refractivity (Wildman–Crippen MR) is 137 cm³/mol. The highest BCUT2D eigenvalue weighted by Gasteiger charge is 2.61. The lowest BCUT2D eigenvalue weighted by Gasteiger charge is -2.27. The number of nitrogens with zero attached hydrogens (tertiary/aromatic N) is 4. The van der Waals surface area contributed by atoms with Crippen LogP contribution in [0, 0.1) is 17.8 Å². The van der Waals surface area contributed by atoms with Crippen LogP contribution < -0.4 is 15.2 Å². The van der Waals surface area contributed by atoms with Crippen LogP contribution >= 0.6 is 11.6 Å². The van der Waals surface area contributed by atoms with Crippen LogP contribution in [0.5, 0.6) is 5.75 Å². The van der Waals surface area contributed by atoms with Gasteiger partial charge in [-0.15, -0.1) is 0 Å². The summed E-state index contributed by atoms with van der Waals surface area (Å²) >= 11 is 6.01. The van der Waals surface area contributed by atoms with Crippen molar-refractivity contribution in [1.29, 1.82) is 0 Å². The zero-order chi connectivity index (χ0) is 24.5. The maximum Gasteiger partial charge on any atom is 0.282 e. The number of aromatic nitrogens is 3. The molecule has 1 aliphatic carbocycles. The summed E-state index contributed by atoms with van der Waals surface area (Å²) in [5, 5.41) is 15.5. The molecule has 1 saturated carbocycles. The molecule has 2 aliphatic rings. The molecule has 1 saturated heterocycles. The standard InChI is InChI=1S/C27H27ClN4O3/c1-27(2,34)25-20-13-30(14-21(20)25)22-9-8-19(11-24(22)35-3)31-15-29-32-12-17(10-23(32)26(31)33)16-4-6-18(28)7-5-16/h4-12,15,20-21,25,34H,13-14H2,1-3H3. The van der Waals surface area contributed by atoms with Gasteiger partial charge in [0.25, 0.3) is 5.56 Å². The lowest BCUT2D eigenvalue weighted by atomic mass is 9.99. The van der Waals surface area contributed by atoms with E-state index in [2.05, 4.69) is 10.00 Å². The van der Waals surface area contributed by atoms with Gasteiger partial charge in [-0.25, -0.2) is 4.52 Å². The Morgan fingerprint density at radius 2 is 1.77 bits per heavy atom. The van der Waals surface area contributed by atoms with Crippen LogP contribution in [0.15, 0.2) is 65.8 Å². The third-order valence-corrected chi connectivity index (χ3v) is 7.75. The van der Waals surface area contributed by atoms with Gasteiger partial charge in [0.05, 0.1) is 24.1 Å². The van der Waals surface area contributed by atoms with Crippen LogP contribution in [0.25, 0.3) is 22.3 Å². The number of halogens is 1. The van der Waals surface area contributed by atoms with E-state index in [1.807, 2.05) is 68.6 Å². The molecule has 0 spiro atoms. The van der Waals surface area contributed by atoms with Crippen molar-refractivity contribution in [3.63, 3.8) is 0 Å². The van der Waals surface area contributed by atoms with Gasteiger partial charge in [0, 0.05) is 35.9 Å². The molecule has 3 heterocycles. The van der Waals surface area contributed by atoms with Crippen molar-refractivity contribution in [2.24, 2.45) is 17.8 Å². The van der Waals surface area contributed by atoms with Crippen LogP contribution in [0.2, 0.25) is 5.02 Å². The minimum atomic E-state index is -0.631. The average molecular weight is 491 g/mol. The minimum absolute atomic E-state index is 0.162. The van der Waals surface area contributed by atoms with Crippen LogP contribution in [0.1, 0.15) is 13.8 Å². The molecule has 2 atom stereocenters. The molecule has 35 heavy (non-hydrogen) atoms. The zero-order valence-corrected chi connectivity index (χ0v) is 20.6. The second kappa shape index (κ2) is 7.86. The monoisotopic (exact) mass is 490 g/mol. The van der Waals surface area contributed by atoms with E-state index < -0.39 is 5.60 Å². The summed E-state index contributed by atoms with van der Waals surface area (Å²) in [5.74, 6) is 2.10. The van der Waals surface area contributed by atoms with E-state index >= 15 is 0 Å². The molecule has 4 aromatic rings. The van der Waals surface area contributed by atoms with E-state index in [1.54, 1.807) is 16.2 Å². The van der Waals surface area contributed by atoms with Gasteiger partial charge in [-0.2, -0.15) is 5.10 Å². The van der Waals surface area contributed by atoms with Gasteiger partial charge in [0.1, 0.15) is 17.6 Å². The Kier molecular flexibility index (Phi) is 4.99. The molecule has 2 fully saturated rings. The molecular weight excluding hydrogens is 464 g/mol. The van der Waals surface area contributed by atoms with Gasteiger partial charge >= 0.3 is 0 Å². The summed E-state index contributed by atoms with van der Waals surface area (Å²) < 4.78 is 8.86. The van der Waals surface area contributed by atoms with E-state index in [9.17, 15) is 9.90 Å². The maximum absolute atomic E-state index is 13.4. The van der Waals surface area contributed by atoms with Crippen molar-refractivity contribution in [3.05, 3.63) is 76.4 Å². The number of piperidine rings is 1. The largest absolute Gasteiger partial charge is 0.495 e. The van der Waals surface area contributed by atoms with E-state index in [0.717, 1.165) is 29.9 Å². The Bertz CT molecular complexity index is 1470. The molecule has 180 valence electrons. The van der Waals surface area contributed by atoms with Crippen LogP contribution in [0.3, 0.4) is 0 Å². The second-order valence-electron chi connectivity index (χ2n) is 10.1. The van der Waals surface area contributed by atoms with Gasteiger partial charge in [-0.3, -0.25) is 9.36 Å². The van der Waals surface area contributed by atoms with E-state index in [4.69, 9.17) is 16.3 Å². The van der Waals surface area contributed by atoms with Crippen molar-refractivity contribution in [3.8, 4) is 22.6 Å². The van der Waals surface area contributed by atoms with Crippen molar-refractivity contribution < 1.29 is 9.84 Å². The molecular formula is C27H27ClN4O3. The fourth-order valence-corrected chi connectivity index (χ4v) is 5.95. The molecule has 0 radical (unpaired) electrons. The van der Waals surface area contributed by atoms with E-state index in [-0.39, 0.29) is 5.56 Å². The molecule has 0 bridgehead atoms. The Morgan fingerprint density at radius 3 is 2.43 bits per heavy atom. The fraction of sp³-hybridized carbons (Fsp3) is 0.333. The third-order valence-electron chi connectivity index (χ3n) is 7.50. The topological polar surface area (TPSA) is 72.0 Å². The van der Waals surface area contributed by atoms with Crippen molar-refractivity contribution in [2.45, 2.75) is 19.4 Å². The van der Waals surface area contributed by atoms with Crippen LogP contribution in [-0.2, 0) is 0 Å². The molecule has 2 aromatic heterocycles. The molecule has 0 amide bonds. The molecule has 6 rings (SSSR count). The SMILES string of the molecule is COc1cc(-n2cnn3cc(-c4ccc(Cl)cc4)cc3c2=O)ccc1N1CC2C(C1)C2C(C)(C)O. The van der Waals surface area contributed by atoms with Gasteiger partial charge in [0.15, 0.2) is 0 Å². The Balaban J connectivity index is 1.31. The highest BCUT2D eigenvalue weighted by atomic mass is 35.5. The van der Waals surface area contributed by atoms with E-state index in [1.165, 1.54) is 6.33 Å². The molecule has 2 aromatic carbocycles. The van der Waals surface area contributed by atoms with Crippen LogP contribution in [0.4, 0.5) is 5.69 Å². The van der Waals surface area contributed by atoms with Crippen molar-refractivity contribution in [1.82, 2.24) is 14.2 Å². The number of aliphatic hydroxyl groups is 1. The second-order valence-corrected chi connectivity index (χ2v) is 10.6. The number of fused-ring (bicyclic) bond motifs is 2. The van der Waals surface area contributed by atoms with Crippen LogP contribution in [-0.4, -0.2) is 45.1 Å². The minimum Gasteiger partial charge on any atom is -0.495 e. The zero-order valence-electron chi connectivity index (χ0n) is 19.9. The quantitative estimate of drug-likeness (QED) is 0.452. The smallest absolute Gasteiger partial charge is 0.282 e. The third kappa shape index (κ3) is 3.70. The molecule has 1 aliphatic heterocycles. The number of benzene rings is 2. The average Bonchev–Trinajstić information content (AvgIpc) is 3.16. The lowest BCUT2D eigenvalue weighted by molar-refractivity contribution is 0.0453. The highest BCUT2D eigenvalue weighted by Crippen LogP contribution is 2.58. The highest BCUT2D eigenvalue weighted by molar-refractivity contribution is 6.30. The first-order chi connectivity index (χ1) is 16.7. The normalized spacial score (nSPS) is 21.4. The molecule has 8 heteroatoms. The molecule has 2 unspecified atom stereocenters. The van der Waals surface area contributed by atoms with Crippen molar-refractivity contribution in [2.75, 3.05) is 25.1 Å². The van der Waals surface area contributed by atoms with Gasteiger partial charge in [0.2, 0.25) is 0 Å². The fourth-order valence-electron chi connectivity index (χ4n) is 5.82. The number of rotatable bonds is 5. The summed E-state index contributed by atoms with van der Waals surface area (Å²) in [6.45, 7) is 5.61. The Morgan fingerprint density at radius 1 is 1.06 bits per heavy atom. The molecule has 1 N–H and O–H groups in total.